The number of benzene rings is 1. The Morgan fingerprint density at radius 2 is 2.04 bits per heavy atom. The summed E-state index contributed by atoms with van der Waals surface area (Å²) in [5.74, 6) is -1.61. The third kappa shape index (κ3) is 2.55. The lowest BCUT2D eigenvalue weighted by atomic mass is 9.90. The molecule has 1 aliphatic rings. The molecule has 7 heteroatoms. The van der Waals surface area contributed by atoms with Gasteiger partial charge in [0.25, 0.3) is 5.91 Å². The average molecular weight is 331 g/mol. The normalized spacial score (nSPS) is 20.4. The second kappa shape index (κ2) is 5.74. The predicted molar refractivity (Wildman–Crippen MR) is 84.5 cm³/mol. The summed E-state index contributed by atoms with van der Waals surface area (Å²) in [5.41, 5.74) is 0.221. The minimum atomic E-state index is -0.925. The van der Waals surface area contributed by atoms with Crippen molar-refractivity contribution in [1.82, 2.24) is 14.7 Å². The average Bonchev–Trinajstić information content (AvgIpc) is 3.12. The fourth-order valence-corrected chi connectivity index (χ4v) is 2.97. The van der Waals surface area contributed by atoms with Crippen LogP contribution in [0.2, 0.25) is 0 Å². The number of carbonyl (C=O) groups is 2. The minimum Gasteiger partial charge on any atom is -0.481 e. The van der Waals surface area contributed by atoms with Gasteiger partial charge in [0, 0.05) is 13.1 Å². The van der Waals surface area contributed by atoms with Gasteiger partial charge in [-0.2, -0.15) is 5.10 Å². The number of aliphatic carboxylic acids is 1. The SMILES string of the molecule is Cc1c(C(=O)N2CCC(C)(C(=O)O)C2)cnn1-c1ccccc1F. The standard InChI is InChI=1S/C17H18FN3O3/c1-11-12(9-19-21(11)14-6-4-3-5-13(14)18)15(22)20-8-7-17(2,10-20)16(23)24/h3-6,9H,7-8,10H2,1-2H3,(H,23,24). The van der Waals surface area contributed by atoms with Gasteiger partial charge in [0.1, 0.15) is 11.5 Å². The number of hydrogen-bond donors (Lipinski definition) is 1. The van der Waals surface area contributed by atoms with E-state index in [-0.39, 0.29) is 18.1 Å². The fraction of sp³-hybridized carbons (Fsp3) is 0.353. The molecule has 1 atom stereocenters. The van der Waals surface area contributed by atoms with Crippen molar-refractivity contribution in [3.63, 3.8) is 0 Å². The van der Waals surface area contributed by atoms with Gasteiger partial charge >= 0.3 is 5.97 Å². The van der Waals surface area contributed by atoms with Crippen LogP contribution in [0.1, 0.15) is 29.4 Å². The molecule has 0 aliphatic carbocycles. The quantitative estimate of drug-likeness (QED) is 0.936. The van der Waals surface area contributed by atoms with Crippen LogP contribution in [-0.4, -0.2) is 44.8 Å². The number of likely N-dealkylation sites (tertiary alicyclic amines) is 1. The summed E-state index contributed by atoms with van der Waals surface area (Å²) in [6, 6.07) is 6.19. The molecular weight excluding hydrogens is 313 g/mol. The van der Waals surface area contributed by atoms with E-state index in [1.54, 1.807) is 32.0 Å². The van der Waals surface area contributed by atoms with Crippen LogP contribution in [0.3, 0.4) is 0 Å². The Morgan fingerprint density at radius 3 is 2.67 bits per heavy atom. The van der Waals surface area contributed by atoms with Crippen molar-refractivity contribution in [2.24, 2.45) is 5.41 Å². The van der Waals surface area contributed by atoms with Crippen molar-refractivity contribution < 1.29 is 19.1 Å². The lowest BCUT2D eigenvalue weighted by molar-refractivity contribution is -0.147. The number of nitrogens with zero attached hydrogens (tertiary/aromatic N) is 3. The van der Waals surface area contributed by atoms with Crippen molar-refractivity contribution in [2.45, 2.75) is 20.3 Å². The van der Waals surface area contributed by atoms with Gasteiger partial charge in [-0.25, -0.2) is 9.07 Å². The summed E-state index contributed by atoms with van der Waals surface area (Å²) >= 11 is 0. The highest BCUT2D eigenvalue weighted by atomic mass is 19.1. The van der Waals surface area contributed by atoms with Crippen LogP contribution in [0.15, 0.2) is 30.5 Å². The van der Waals surface area contributed by atoms with Gasteiger partial charge < -0.3 is 10.0 Å². The van der Waals surface area contributed by atoms with Crippen molar-refractivity contribution >= 4 is 11.9 Å². The van der Waals surface area contributed by atoms with Crippen molar-refractivity contribution in [3.8, 4) is 5.69 Å². The zero-order chi connectivity index (χ0) is 17.5. The summed E-state index contributed by atoms with van der Waals surface area (Å²) in [5, 5.41) is 13.4. The van der Waals surface area contributed by atoms with E-state index < -0.39 is 17.2 Å². The topological polar surface area (TPSA) is 75.4 Å². The molecule has 1 unspecified atom stereocenters. The van der Waals surface area contributed by atoms with E-state index >= 15 is 0 Å². The Labute approximate surface area is 138 Å². The molecule has 126 valence electrons. The largest absolute Gasteiger partial charge is 0.481 e. The fourth-order valence-electron chi connectivity index (χ4n) is 2.97. The molecule has 1 aliphatic heterocycles. The van der Waals surface area contributed by atoms with Crippen LogP contribution in [0.4, 0.5) is 4.39 Å². The monoisotopic (exact) mass is 331 g/mol. The summed E-state index contributed by atoms with van der Waals surface area (Å²) in [4.78, 5) is 25.5. The zero-order valence-electron chi connectivity index (χ0n) is 13.5. The van der Waals surface area contributed by atoms with E-state index in [0.29, 0.717) is 24.2 Å². The number of para-hydroxylation sites is 1. The molecule has 6 nitrogen and oxygen atoms in total. The lowest BCUT2D eigenvalue weighted by Crippen LogP contribution is -2.35. The van der Waals surface area contributed by atoms with Crippen LogP contribution in [0.5, 0.6) is 0 Å². The van der Waals surface area contributed by atoms with Crippen LogP contribution < -0.4 is 0 Å². The van der Waals surface area contributed by atoms with E-state index in [2.05, 4.69) is 5.10 Å². The first kappa shape index (κ1) is 16.2. The molecule has 0 saturated carbocycles. The van der Waals surface area contributed by atoms with Gasteiger partial charge in [0.05, 0.1) is 22.9 Å². The summed E-state index contributed by atoms with van der Waals surface area (Å²) in [6.45, 7) is 3.87. The Bertz CT molecular complexity index is 817. The van der Waals surface area contributed by atoms with Gasteiger partial charge in [0.15, 0.2) is 0 Å². The molecule has 0 spiro atoms. The maximum Gasteiger partial charge on any atom is 0.311 e. The second-order valence-electron chi connectivity index (χ2n) is 6.35. The molecule has 0 bridgehead atoms. The molecule has 1 saturated heterocycles. The lowest BCUT2D eigenvalue weighted by Gasteiger charge is -2.20. The molecule has 1 N–H and O–H groups in total. The number of carbonyl (C=O) groups excluding carboxylic acids is 1. The van der Waals surface area contributed by atoms with E-state index in [1.807, 2.05) is 0 Å². The summed E-state index contributed by atoms with van der Waals surface area (Å²) in [7, 11) is 0. The first-order valence-electron chi connectivity index (χ1n) is 7.66. The molecule has 1 aromatic carbocycles. The Morgan fingerprint density at radius 1 is 1.33 bits per heavy atom. The highest BCUT2D eigenvalue weighted by Gasteiger charge is 2.42. The van der Waals surface area contributed by atoms with Gasteiger partial charge in [-0.05, 0) is 32.4 Å². The van der Waals surface area contributed by atoms with Crippen LogP contribution >= 0.6 is 0 Å². The second-order valence-corrected chi connectivity index (χ2v) is 6.35. The number of rotatable bonds is 3. The number of amides is 1. The molecular formula is C17H18FN3O3. The summed E-state index contributed by atoms with van der Waals surface area (Å²) in [6.07, 6.45) is 1.81. The van der Waals surface area contributed by atoms with Gasteiger partial charge in [-0.3, -0.25) is 9.59 Å². The summed E-state index contributed by atoms with van der Waals surface area (Å²) < 4.78 is 15.3. The van der Waals surface area contributed by atoms with E-state index in [9.17, 15) is 19.1 Å². The van der Waals surface area contributed by atoms with E-state index in [1.165, 1.54) is 21.8 Å². The third-order valence-electron chi connectivity index (χ3n) is 4.60. The van der Waals surface area contributed by atoms with Crippen molar-refractivity contribution in [3.05, 3.63) is 47.5 Å². The highest BCUT2D eigenvalue weighted by molar-refractivity contribution is 5.96. The van der Waals surface area contributed by atoms with E-state index in [0.717, 1.165) is 0 Å². The van der Waals surface area contributed by atoms with Crippen molar-refractivity contribution in [1.29, 1.82) is 0 Å². The van der Waals surface area contributed by atoms with Crippen LogP contribution in [0, 0.1) is 18.2 Å². The number of halogens is 1. The Kier molecular flexibility index (Phi) is 3.87. The number of hydrogen-bond acceptors (Lipinski definition) is 3. The van der Waals surface area contributed by atoms with Crippen LogP contribution in [-0.2, 0) is 4.79 Å². The number of carboxylic acid groups (broad SMARTS) is 1. The first-order chi connectivity index (χ1) is 11.3. The predicted octanol–water partition coefficient (Wildman–Crippen LogP) is 2.26. The molecule has 1 aromatic heterocycles. The molecule has 3 rings (SSSR count). The van der Waals surface area contributed by atoms with Gasteiger partial charge in [-0.15, -0.1) is 0 Å². The number of carboxylic acids is 1. The van der Waals surface area contributed by atoms with Gasteiger partial charge in [0.2, 0.25) is 0 Å². The molecule has 1 amide bonds. The molecule has 1 fully saturated rings. The molecule has 2 aromatic rings. The Hall–Kier alpha value is -2.70. The van der Waals surface area contributed by atoms with Gasteiger partial charge in [-0.1, -0.05) is 12.1 Å². The highest BCUT2D eigenvalue weighted by Crippen LogP contribution is 2.31. The zero-order valence-corrected chi connectivity index (χ0v) is 13.5. The molecule has 2 heterocycles. The maximum absolute atomic E-state index is 13.9. The smallest absolute Gasteiger partial charge is 0.311 e. The first-order valence-corrected chi connectivity index (χ1v) is 7.66. The minimum absolute atomic E-state index is 0.158. The van der Waals surface area contributed by atoms with Crippen molar-refractivity contribution in [2.75, 3.05) is 13.1 Å². The maximum atomic E-state index is 13.9. The number of aromatic nitrogens is 2. The third-order valence-corrected chi connectivity index (χ3v) is 4.60. The van der Waals surface area contributed by atoms with E-state index in [4.69, 9.17) is 0 Å². The molecule has 24 heavy (non-hydrogen) atoms. The van der Waals surface area contributed by atoms with Crippen LogP contribution in [0.25, 0.3) is 5.69 Å². The Balaban J connectivity index is 1.88. The molecule has 0 radical (unpaired) electrons.